The summed E-state index contributed by atoms with van der Waals surface area (Å²) in [4.78, 5) is 11.4. The smallest absolute Gasteiger partial charge is 0.366 e. The highest BCUT2D eigenvalue weighted by Gasteiger charge is 2.35. The monoisotopic (exact) mass is 447 g/mol. The minimum absolute atomic E-state index is 0.156. The molecule has 0 amide bonds. The van der Waals surface area contributed by atoms with Crippen LogP contribution in [0.25, 0.3) is 6.08 Å². The van der Waals surface area contributed by atoms with Gasteiger partial charge in [-0.25, -0.2) is 0 Å². The van der Waals surface area contributed by atoms with Crippen molar-refractivity contribution in [1.29, 1.82) is 0 Å². The highest BCUT2D eigenvalue weighted by atomic mass is 32.1. The fraction of sp³-hybridized carbons (Fsp3) is 0.600. The van der Waals surface area contributed by atoms with Gasteiger partial charge in [0.1, 0.15) is 6.35 Å². The minimum atomic E-state index is -3.29. The normalized spacial score (nSPS) is 14.9. The molecule has 1 heterocycles. The lowest BCUT2D eigenvalue weighted by molar-refractivity contribution is 0.143. The summed E-state index contributed by atoms with van der Waals surface area (Å²) in [7, 11) is -5.83. The molecule has 5 nitrogen and oxygen atoms in total. The maximum Gasteiger partial charge on any atom is 0.515 e. The Labute approximate surface area is 174 Å². The molecule has 1 N–H and O–H groups in total. The Kier molecular flexibility index (Phi) is 11.1. The predicted molar refractivity (Wildman–Crippen MR) is 120 cm³/mol. The zero-order valence-corrected chi connectivity index (χ0v) is 20.3. The molecule has 0 bridgehead atoms. The average Bonchev–Trinajstić information content (AvgIpc) is 2.84. The molecular formula is C20H33O5P2S+. The van der Waals surface area contributed by atoms with Gasteiger partial charge < -0.3 is 9.26 Å². The van der Waals surface area contributed by atoms with Gasteiger partial charge in [0.25, 0.3) is 13.3 Å². The molecule has 28 heavy (non-hydrogen) atoms. The van der Waals surface area contributed by atoms with Crippen molar-refractivity contribution >= 4 is 32.8 Å². The van der Waals surface area contributed by atoms with Gasteiger partial charge in [0.05, 0.1) is 12.7 Å². The number of rotatable bonds is 12. The Hall–Kier alpha value is -0.610. The van der Waals surface area contributed by atoms with Crippen LogP contribution >= 0.6 is 26.7 Å². The van der Waals surface area contributed by atoms with Crippen molar-refractivity contribution in [2.75, 3.05) is 12.3 Å². The van der Waals surface area contributed by atoms with Gasteiger partial charge in [-0.15, -0.1) is 11.3 Å². The van der Waals surface area contributed by atoms with Gasteiger partial charge in [-0.05, 0) is 76.7 Å². The highest BCUT2D eigenvalue weighted by Crippen LogP contribution is 2.53. The van der Waals surface area contributed by atoms with Crippen molar-refractivity contribution in [3.8, 4) is 0 Å². The van der Waals surface area contributed by atoms with Crippen molar-refractivity contribution in [1.82, 2.24) is 0 Å². The summed E-state index contributed by atoms with van der Waals surface area (Å²) in [5.74, 6) is -0.372. The number of aryl methyl sites for hydroxylation is 1. The first-order valence-corrected chi connectivity index (χ1v) is 13.6. The van der Waals surface area contributed by atoms with Gasteiger partial charge in [0, 0.05) is 9.75 Å². The van der Waals surface area contributed by atoms with Crippen molar-refractivity contribution in [2.24, 2.45) is 0 Å². The Morgan fingerprint density at radius 2 is 2.04 bits per heavy atom. The molecule has 0 aromatic carbocycles. The van der Waals surface area contributed by atoms with Gasteiger partial charge in [-0.1, -0.05) is 17.2 Å². The molecule has 1 aromatic rings. The second-order valence-corrected chi connectivity index (χ2v) is 12.6. The van der Waals surface area contributed by atoms with Crippen LogP contribution in [0.1, 0.15) is 62.8 Å². The first kappa shape index (κ1) is 25.4. The molecule has 2 atom stereocenters. The lowest BCUT2D eigenvalue weighted by atomic mass is 10.1. The van der Waals surface area contributed by atoms with E-state index in [0.717, 1.165) is 23.3 Å². The van der Waals surface area contributed by atoms with E-state index in [4.69, 9.17) is 14.2 Å². The first-order chi connectivity index (χ1) is 13.0. The summed E-state index contributed by atoms with van der Waals surface area (Å²) in [6.45, 7) is 12.2. The van der Waals surface area contributed by atoms with E-state index in [-0.39, 0.29) is 18.4 Å². The molecule has 158 valence electrons. The van der Waals surface area contributed by atoms with E-state index in [1.165, 1.54) is 16.0 Å². The molecule has 0 radical (unpaired) electrons. The standard InChI is InChI=1S/C20H32O5P2S/c1-15(2)8-7-9-17(5)10-19-11-18(6)20(28-19)12-24-13-27(23,14-26(21)22)25-16(3)4/h8,10-11,16H,7,9,12-14H2,1-6H3/p+1. The van der Waals surface area contributed by atoms with Gasteiger partial charge >= 0.3 is 8.03 Å². The van der Waals surface area contributed by atoms with Crippen LogP contribution < -0.4 is 0 Å². The van der Waals surface area contributed by atoms with E-state index < -0.39 is 15.4 Å². The summed E-state index contributed by atoms with van der Waals surface area (Å²) in [5.41, 5.74) is 3.79. The third-order valence-electron chi connectivity index (χ3n) is 3.78. The Morgan fingerprint density at radius 1 is 1.36 bits per heavy atom. The Balaban J connectivity index is 2.69. The zero-order chi connectivity index (χ0) is 21.3. The van der Waals surface area contributed by atoms with Crippen LogP contribution in [0.3, 0.4) is 0 Å². The lowest BCUT2D eigenvalue weighted by Crippen LogP contribution is -2.07. The van der Waals surface area contributed by atoms with Crippen molar-refractivity contribution in [3.63, 3.8) is 0 Å². The van der Waals surface area contributed by atoms with Gasteiger partial charge in [-0.2, -0.15) is 4.89 Å². The third-order valence-corrected chi connectivity index (χ3v) is 9.01. The van der Waals surface area contributed by atoms with E-state index in [1.807, 2.05) is 6.92 Å². The van der Waals surface area contributed by atoms with E-state index in [1.54, 1.807) is 25.2 Å². The van der Waals surface area contributed by atoms with Crippen molar-refractivity contribution in [3.05, 3.63) is 38.6 Å². The second-order valence-electron chi connectivity index (χ2n) is 7.51. The average molecular weight is 447 g/mol. The number of hydrogen-bond donors (Lipinski definition) is 1. The van der Waals surface area contributed by atoms with Crippen LogP contribution in [0.5, 0.6) is 0 Å². The van der Waals surface area contributed by atoms with Gasteiger partial charge in [0.15, 0.2) is 0 Å². The maximum absolute atomic E-state index is 12.7. The van der Waals surface area contributed by atoms with Crippen LogP contribution in [0, 0.1) is 6.92 Å². The summed E-state index contributed by atoms with van der Waals surface area (Å²) in [6, 6.07) is 2.13. The third kappa shape index (κ3) is 10.2. The van der Waals surface area contributed by atoms with Crippen LogP contribution in [0.15, 0.2) is 23.3 Å². The molecule has 1 rings (SSSR count). The Morgan fingerprint density at radius 3 is 2.61 bits per heavy atom. The fourth-order valence-electron chi connectivity index (χ4n) is 2.61. The molecule has 2 unspecified atom stereocenters. The molecule has 0 spiro atoms. The van der Waals surface area contributed by atoms with Crippen LogP contribution in [0.4, 0.5) is 0 Å². The second kappa shape index (κ2) is 12.2. The fourth-order valence-corrected chi connectivity index (χ4v) is 7.02. The maximum atomic E-state index is 12.7. The topological polar surface area (TPSA) is 72.8 Å². The molecule has 1 aromatic heterocycles. The van der Waals surface area contributed by atoms with Gasteiger partial charge in [-0.3, -0.25) is 4.57 Å². The molecule has 0 fully saturated rings. The van der Waals surface area contributed by atoms with E-state index in [9.17, 15) is 9.13 Å². The van der Waals surface area contributed by atoms with Crippen LogP contribution in [0.2, 0.25) is 0 Å². The SMILES string of the molecule is CC(C)=CCCC(C)=Cc1cc(C)c(COCP(=O)(C[P+](=O)O)OC(C)C)s1. The predicted octanol–water partition coefficient (Wildman–Crippen LogP) is 7.08. The van der Waals surface area contributed by atoms with Crippen molar-refractivity contribution < 1.29 is 23.3 Å². The molecular weight excluding hydrogens is 414 g/mol. The highest BCUT2D eigenvalue weighted by molar-refractivity contribution is 7.68. The quantitative estimate of drug-likeness (QED) is 0.274. The van der Waals surface area contributed by atoms with E-state index in [2.05, 4.69) is 39.0 Å². The molecule has 0 aliphatic carbocycles. The largest absolute Gasteiger partial charge is 0.515 e. The van der Waals surface area contributed by atoms with Crippen molar-refractivity contribution in [2.45, 2.75) is 67.1 Å². The lowest BCUT2D eigenvalue weighted by Gasteiger charge is -2.16. The number of thiophene rings is 1. The Bertz CT molecular complexity index is 761. The number of ether oxygens (including phenoxy) is 1. The molecule has 0 saturated heterocycles. The summed E-state index contributed by atoms with van der Waals surface area (Å²) < 4.78 is 34.9. The van der Waals surface area contributed by atoms with E-state index in [0.29, 0.717) is 6.61 Å². The van der Waals surface area contributed by atoms with Crippen LogP contribution in [-0.2, 0) is 25.0 Å². The van der Waals surface area contributed by atoms with Gasteiger partial charge in [0.2, 0.25) is 0 Å². The number of hydrogen-bond acceptors (Lipinski definition) is 5. The first-order valence-electron chi connectivity index (χ1n) is 9.38. The summed E-state index contributed by atoms with van der Waals surface area (Å²) >= 11 is 1.65. The summed E-state index contributed by atoms with van der Waals surface area (Å²) in [5, 5.41) is 0. The molecule has 0 aliphatic rings. The molecule has 0 aliphatic heterocycles. The minimum Gasteiger partial charge on any atom is -0.366 e. The van der Waals surface area contributed by atoms with Crippen LogP contribution in [-0.4, -0.2) is 23.2 Å². The number of allylic oxidation sites excluding steroid dienone is 3. The summed E-state index contributed by atoms with van der Waals surface area (Å²) in [6.07, 6.45) is 6.07. The zero-order valence-electron chi connectivity index (χ0n) is 17.7. The molecule has 0 saturated carbocycles. The van der Waals surface area contributed by atoms with E-state index >= 15 is 0 Å². The molecule has 8 heteroatoms.